The third kappa shape index (κ3) is 6.17. The fourth-order valence-corrected chi connectivity index (χ4v) is 4.41. The first kappa shape index (κ1) is 26.2. The third-order valence-electron chi connectivity index (χ3n) is 5.08. The van der Waals surface area contributed by atoms with E-state index in [0.29, 0.717) is 24.0 Å². The lowest BCUT2D eigenvalue weighted by Gasteiger charge is -2.40. The average Bonchev–Trinajstić information content (AvgIpc) is 2.88. The number of nitrogens with one attached hydrogen (secondary N) is 1. The van der Waals surface area contributed by atoms with Crippen LogP contribution in [-0.4, -0.2) is 49.6 Å². The van der Waals surface area contributed by atoms with Crippen molar-refractivity contribution in [3.63, 3.8) is 0 Å². The highest BCUT2D eigenvalue weighted by Crippen LogP contribution is 2.35. The zero-order valence-electron chi connectivity index (χ0n) is 19.5. The fraction of sp³-hybridized carbons (Fsp3) is 0.591. The normalized spacial score (nSPS) is 16.8. The molecule has 1 aromatic heterocycles. The van der Waals surface area contributed by atoms with Crippen LogP contribution in [0, 0.1) is 5.82 Å². The highest BCUT2D eigenvalue weighted by Gasteiger charge is 2.41. The summed E-state index contributed by atoms with van der Waals surface area (Å²) in [6.07, 6.45) is 0.355. The van der Waals surface area contributed by atoms with Gasteiger partial charge in [-0.1, -0.05) is 4.72 Å². The number of alkyl halides is 2. The van der Waals surface area contributed by atoms with Crippen LogP contribution in [0.4, 0.5) is 18.0 Å². The summed E-state index contributed by atoms with van der Waals surface area (Å²) in [7, 11) is 0. The molecule has 184 valence electrons. The molecule has 1 N–H and O–H groups in total. The van der Waals surface area contributed by atoms with Gasteiger partial charge in [-0.3, -0.25) is 0 Å². The van der Waals surface area contributed by atoms with E-state index in [-0.39, 0.29) is 16.1 Å². The SMILES string of the molecule is CC(C)(C)OC(=O)N1CC(n2cc(CC(F)(F)N[S@@+]([O-])C(C)(C)C)c3cc(F)c(Br)cc32)C1. The van der Waals surface area contributed by atoms with Gasteiger partial charge in [-0.25, -0.2) is 9.18 Å². The van der Waals surface area contributed by atoms with Crippen LogP contribution in [0.5, 0.6) is 0 Å². The van der Waals surface area contributed by atoms with Gasteiger partial charge in [0.2, 0.25) is 0 Å². The number of benzene rings is 1. The molecule has 0 aliphatic carbocycles. The molecule has 1 aromatic carbocycles. The molecule has 2 heterocycles. The van der Waals surface area contributed by atoms with Gasteiger partial charge in [-0.15, -0.1) is 0 Å². The fourth-order valence-electron chi connectivity index (χ4n) is 3.43. The lowest BCUT2D eigenvalue weighted by Crippen LogP contribution is -2.52. The van der Waals surface area contributed by atoms with Gasteiger partial charge < -0.3 is 18.8 Å². The molecule has 0 saturated carbocycles. The Labute approximate surface area is 203 Å². The van der Waals surface area contributed by atoms with Crippen molar-refractivity contribution >= 4 is 44.3 Å². The van der Waals surface area contributed by atoms with Crippen LogP contribution in [-0.2, 0) is 22.5 Å². The van der Waals surface area contributed by atoms with Crippen LogP contribution >= 0.6 is 15.9 Å². The number of ether oxygens (including phenoxy) is 1. The zero-order chi connectivity index (χ0) is 24.9. The van der Waals surface area contributed by atoms with Crippen molar-refractivity contribution in [2.75, 3.05) is 13.1 Å². The molecule has 3 rings (SSSR count). The van der Waals surface area contributed by atoms with Crippen LogP contribution in [0.1, 0.15) is 53.1 Å². The van der Waals surface area contributed by atoms with E-state index >= 15 is 0 Å². The Kier molecular flexibility index (Phi) is 7.12. The van der Waals surface area contributed by atoms with Crippen LogP contribution in [0.3, 0.4) is 0 Å². The number of hydrogen-bond acceptors (Lipinski definition) is 4. The van der Waals surface area contributed by atoms with Gasteiger partial charge in [-0.05, 0) is 75.2 Å². The van der Waals surface area contributed by atoms with Crippen LogP contribution in [0.2, 0.25) is 0 Å². The topological polar surface area (TPSA) is 69.6 Å². The maximum absolute atomic E-state index is 14.7. The summed E-state index contributed by atoms with van der Waals surface area (Å²) in [6, 6.07) is -0.880. The van der Waals surface area contributed by atoms with Crippen molar-refractivity contribution < 1.29 is 27.3 Å². The predicted molar refractivity (Wildman–Crippen MR) is 126 cm³/mol. The summed E-state index contributed by atoms with van der Waals surface area (Å²) < 4.78 is 64.4. The predicted octanol–water partition coefficient (Wildman–Crippen LogP) is 5.52. The minimum atomic E-state index is -3.47. The van der Waals surface area contributed by atoms with Gasteiger partial charge in [0.1, 0.15) is 16.2 Å². The van der Waals surface area contributed by atoms with E-state index in [1.807, 2.05) is 4.72 Å². The van der Waals surface area contributed by atoms with Crippen LogP contribution < -0.4 is 4.72 Å². The van der Waals surface area contributed by atoms with Gasteiger partial charge in [0.05, 0.1) is 22.5 Å². The number of rotatable bonds is 5. The van der Waals surface area contributed by atoms with Crippen molar-refractivity contribution in [3.8, 4) is 0 Å². The molecule has 1 aliphatic heterocycles. The first-order chi connectivity index (χ1) is 15.0. The molecule has 6 nitrogen and oxygen atoms in total. The van der Waals surface area contributed by atoms with Crippen LogP contribution in [0.15, 0.2) is 22.8 Å². The second-order valence-electron chi connectivity index (χ2n) is 10.2. The van der Waals surface area contributed by atoms with Gasteiger partial charge in [0, 0.05) is 36.0 Å². The molecule has 1 fully saturated rings. The Balaban J connectivity index is 1.86. The Morgan fingerprint density at radius 2 is 1.85 bits per heavy atom. The Hall–Kier alpha value is -1.43. The number of likely N-dealkylation sites (tertiary alicyclic amines) is 1. The molecule has 2 aromatic rings. The summed E-state index contributed by atoms with van der Waals surface area (Å²) in [5.41, 5.74) is 0.166. The second kappa shape index (κ2) is 8.98. The molecule has 0 radical (unpaired) electrons. The number of carbonyl (C=O) groups is 1. The molecular weight excluding hydrogens is 523 g/mol. The summed E-state index contributed by atoms with van der Waals surface area (Å²) in [5, 5.41) is 0.342. The summed E-state index contributed by atoms with van der Waals surface area (Å²) >= 11 is 1.18. The van der Waals surface area contributed by atoms with Gasteiger partial charge in [0.25, 0.3) is 0 Å². The quantitative estimate of drug-likeness (QED) is 0.392. The number of nitrogens with zero attached hydrogens (tertiary/aromatic N) is 2. The van der Waals surface area contributed by atoms with E-state index in [2.05, 4.69) is 15.9 Å². The Morgan fingerprint density at radius 3 is 2.39 bits per heavy atom. The second-order valence-corrected chi connectivity index (χ2v) is 13.1. The number of amides is 1. The molecule has 1 atom stereocenters. The molecule has 0 unspecified atom stereocenters. The van der Waals surface area contributed by atoms with E-state index in [9.17, 15) is 22.5 Å². The van der Waals surface area contributed by atoms with Gasteiger partial charge in [0.15, 0.2) is 0 Å². The van der Waals surface area contributed by atoms with Crippen molar-refractivity contribution in [1.82, 2.24) is 14.2 Å². The Bertz CT molecular complexity index is 1040. The summed E-state index contributed by atoms with van der Waals surface area (Å²) in [5.74, 6) is -0.569. The van der Waals surface area contributed by atoms with Crippen molar-refractivity contribution in [3.05, 3.63) is 34.2 Å². The van der Waals surface area contributed by atoms with E-state index in [4.69, 9.17) is 4.74 Å². The lowest BCUT2D eigenvalue weighted by atomic mass is 10.1. The zero-order valence-corrected chi connectivity index (χ0v) is 21.9. The molecule has 33 heavy (non-hydrogen) atoms. The number of aromatic nitrogens is 1. The molecule has 0 spiro atoms. The molecular formula is C22H29BrF3N3O3S. The summed E-state index contributed by atoms with van der Waals surface area (Å²) in [4.78, 5) is 13.8. The molecule has 1 amide bonds. The largest absolute Gasteiger partial charge is 0.598 e. The number of carbonyl (C=O) groups excluding carboxylic acids is 1. The van der Waals surface area contributed by atoms with E-state index < -0.39 is 46.1 Å². The maximum atomic E-state index is 14.7. The number of hydrogen-bond donors (Lipinski definition) is 1. The summed E-state index contributed by atoms with van der Waals surface area (Å²) in [6.45, 7) is 10.8. The highest BCUT2D eigenvalue weighted by molar-refractivity contribution is 9.10. The highest BCUT2D eigenvalue weighted by atomic mass is 79.9. The van der Waals surface area contributed by atoms with Gasteiger partial charge in [-0.2, -0.15) is 8.78 Å². The van der Waals surface area contributed by atoms with Crippen molar-refractivity contribution in [1.29, 1.82) is 0 Å². The number of fused-ring (bicyclic) bond motifs is 1. The smallest absolute Gasteiger partial charge is 0.410 e. The third-order valence-corrected chi connectivity index (χ3v) is 7.28. The lowest BCUT2D eigenvalue weighted by molar-refractivity contribution is -0.0105. The first-order valence-electron chi connectivity index (χ1n) is 10.5. The van der Waals surface area contributed by atoms with Crippen molar-refractivity contribution in [2.24, 2.45) is 0 Å². The monoisotopic (exact) mass is 551 g/mol. The van der Waals surface area contributed by atoms with E-state index in [1.54, 1.807) is 58.4 Å². The standard InChI is InChI=1S/C22H29BrF3N3O3S/c1-20(2,3)32-19(30)28-11-14(12-28)29-10-13(15-7-17(24)16(23)8-18(15)29)9-22(25,26)27-33(31)21(4,5)6/h7-8,10,14,27H,9,11-12H2,1-6H3/t33-/m0/s1. The molecule has 1 aliphatic rings. The molecule has 1 saturated heterocycles. The first-order valence-corrected chi connectivity index (χ1v) is 12.4. The molecule has 0 bridgehead atoms. The Morgan fingerprint density at radius 1 is 1.24 bits per heavy atom. The number of halogens is 4. The maximum Gasteiger partial charge on any atom is 0.410 e. The minimum absolute atomic E-state index is 0.170. The van der Waals surface area contributed by atoms with Crippen molar-refractivity contribution in [2.45, 2.75) is 70.4 Å². The van der Waals surface area contributed by atoms with Gasteiger partial charge >= 0.3 is 12.1 Å². The average molecular weight is 552 g/mol. The molecule has 11 heteroatoms. The minimum Gasteiger partial charge on any atom is -0.598 e. The van der Waals surface area contributed by atoms with E-state index in [0.717, 1.165) is 0 Å². The van der Waals surface area contributed by atoms with E-state index in [1.165, 1.54) is 11.0 Å². The van der Waals surface area contributed by atoms with Crippen LogP contribution in [0.25, 0.3) is 10.9 Å².